The first-order valence-electron chi connectivity index (χ1n) is 31.9. The van der Waals surface area contributed by atoms with Gasteiger partial charge in [-0.2, -0.15) is 0 Å². The van der Waals surface area contributed by atoms with Crippen LogP contribution < -0.4 is 20.1 Å². The molecule has 0 unspecified atom stereocenters. The smallest absolute Gasteiger partial charge is 0.254 e. The molecule has 0 spiro atoms. The summed E-state index contributed by atoms with van der Waals surface area (Å²) < 4.78 is 17.4. The van der Waals surface area contributed by atoms with Crippen LogP contribution in [0.1, 0.15) is 97.6 Å². The molecule has 3 N–H and O–H groups in total. The highest BCUT2D eigenvalue weighted by atomic mass is 79.9. The Bertz CT molecular complexity index is 5310. The van der Waals surface area contributed by atoms with Crippen molar-refractivity contribution in [3.05, 3.63) is 279 Å². The Morgan fingerprint density at radius 3 is 1.22 bits per heavy atom. The van der Waals surface area contributed by atoms with Gasteiger partial charge in [0.1, 0.15) is 59.4 Å². The van der Waals surface area contributed by atoms with Crippen molar-refractivity contribution in [1.82, 2.24) is 79.0 Å². The zero-order valence-electron chi connectivity index (χ0n) is 54.9. The van der Waals surface area contributed by atoms with Crippen molar-refractivity contribution in [3.8, 4) is 28.6 Å². The Morgan fingerprint density at radius 1 is 0.414 bits per heavy atom. The summed E-state index contributed by atoms with van der Waals surface area (Å²) >= 11 is 3.44. The van der Waals surface area contributed by atoms with Gasteiger partial charge in [-0.3, -0.25) is 19.2 Å². The minimum atomic E-state index is 0.00193. The van der Waals surface area contributed by atoms with Crippen molar-refractivity contribution in [2.24, 2.45) is 0 Å². The second-order valence-corrected chi connectivity index (χ2v) is 25.0. The van der Waals surface area contributed by atoms with E-state index in [0.717, 1.165) is 156 Å². The van der Waals surface area contributed by atoms with Gasteiger partial charge < -0.3 is 48.6 Å². The summed E-state index contributed by atoms with van der Waals surface area (Å²) in [5.74, 6) is 1.81. The van der Waals surface area contributed by atoms with E-state index in [4.69, 9.17) is 9.47 Å². The molecule has 6 aromatic carbocycles. The number of rotatable bonds is 9. The zero-order chi connectivity index (χ0) is 68.4. The quantitative estimate of drug-likeness (QED) is 0.122. The van der Waals surface area contributed by atoms with Gasteiger partial charge in [-0.1, -0.05) is 40.2 Å². The highest BCUT2D eigenvalue weighted by Crippen LogP contribution is 2.32. The minimum Gasteiger partial charge on any atom is -0.497 e. The summed E-state index contributed by atoms with van der Waals surface area (Å²) in [6.45, 7) is 11.5. The summed E-state index contributed by atoms with van der Waals surface area (Å²) in [6.07, 6.45) is 14.1. The molecule has 0 saturated carbocycles. The summed E-state index contributed by atoms with van der Waals surface area (Å²) in [4.78, 5) is 89.0. The molecule has 4 aliphatic rings. The van der Waals surface area contributed by atoms with Crippen LogP contribution in [0.15, 0.2) is 200 Å². The van der Waals surface area contributed by atoms with Crippen LogP contribution in [0.25, 0.3) is 61.2 Å². The monoisotopic (exact) mass is 1380 g/mol. The standard InChI is InChI=1S/C23H20N4O2.C16H14BrNO2.2C15H12N4O.C7H7N3/c1-15-20-9-10-27(22(20)25-14-24-15)18-5-8-21-17(11-18)13-26(23(21)28)12-16-3-6-19(29-2)7-4-16;1-20-14-5-2-11(3-6-14)9-18-10-12-8-13(17)4-7-15(12)16(18)19;2*1-9-12-4-5-19(14(12)18-8-17-9)11-2-3-13-10(6-11)7-16-15(13)20;1-5-6-2-3-8-7(6)10-4-9-5/h3-11,14H,12-13H2,1-2H3;2-8H,9-10H2,1H3;2*2-6,8H,7H2,1H3,(H,16,20);2-4H,1H3,(H,8,9,10). The number of H-pyrrole nitrogens is 1. The number of nitrogens with one attached hydrogen (secondary N) is 3. The molecule has 492 valence electrons. The summed E-state index contributed by atoms with van der Waals surface area (Å²) in [5, 5.41) is 9.88. The lowest BCUT2D eigenvalue weighted by atomic mass is 10.1. The first kappa shape index (κ1) is 64.1. The highest BCUT2D eigenvalue weighted by molar-refractivity contribution is 9.10. The van der Waals surface area contributed by atoms with E-state index < -0.39 is 0 Å². The summed E-state index contributed by atoms with van der Waals surface area (Å²) in [7, 11) is 3.29. The van der Waals surface area contributed by atoms with Gasteiger partial charge in [-0.25, -0.2) is 39.9 Å². The van der Waals surface area contributed by atoms with E-state index in [9.17, 15) is 19.2 Å². The molecule has 0 atom stereocenters. The fourth-order valence-electron chi connectivity index (χ4n) is 12.6. The molecule has 99 heavy (non-hydrogen) atoms. The molecule has 22 nitrogen and oxygen atoms in total. The average molecular weight is 1380 g/mol. The van der Waals surface area contributed by atoms with Crippen molar-refractivity contribution < 1.29 is 28.7 Å². The van der Waals surface area contributed by atoms with E-state index in [1.165, 1.54) is 0 Å². The highest BCUT2D eigenvalue weighted by Gasteiger charge is 2.30. The molecule has 23 heteroatoms. The molecule has 0 aliphatic carbocycles. The van der Waals surface area contributed by atoms with Crippen LogP contribution in [0, 0.1) is 27.7 Å². The third-order valence-corrected chi connectivity index (χ3v) is 18.4. The largest absolute Gasteiger partial charge is 0.497 e. The van der Waals surface area contributed by atoms with Crippen molar-refractivity contribution >= 4 is 83.7 Å². The van der Waals surface area contributed by atoms with E-state index in [0.29, 0.717) is 39.3 Å². The molecule has 14 aromatic rings. The Morgan fingerprint density at radius 2 is 0.798 bits per heavy atom. The second-order valence-electron chi connectivity index (χ2n) is 24.1. The lowest BCUT2D eigenvalue weighted by Crippen LogP contribution is -2.23. The summed E-state index contributed by atoms with van der Waals surface area (Å²) in [6, 6.07) is 47.2. The SMILES string of the molecule is COc1ccc(CN2Cc3cc(-n4ccc5c(C)ncnc54)ccc3C2=O)cc1.COc1ccc(CN2Cc3cc(Br)ccc3C2=O)cc1.Cc1ncnc2[nH]ccc12.Cc1ncnc2c1ccn2-c1ccc2c(c1)CNC2=O.Cc1ncnc2c1ccn2-c1ccc2c(c1)CNC2=O. The van der Waals surface area contributed by atoms with Gasteiger partial charge in [-0.05, 0) is 182 Å². The maximum atomic E-state index is 12.9. The van der Waals surface area contributed by atoms with Gasteiger partial charge in [0.05, 0.1) is 37.0 Å². The molecule has 0 saturated heterocycles. The van der Waals surface area contributed by atoms with E-state index in [1.807, 2.05) is 216 Å². The molecule has 0 bridgehead atoms. The predicted molar refractivity (Wildman–Crippen MR) is 379 cm³/mol. The van der Waals surface area contributed by atoms with Crippen LogP contribution in [0.5, 0.6) is 11.5 Å². The van der Waals surface area contributed by atoms with E-state index in [1.54, 1.807) is 39.5 Å². The Balaban J connectivity index is 0.000000109. The number of methoxy groups -OCH3 is 2. The van der Waals surface area contributed by atoms with E-state index >= 15 is 0 Å². The first-order valence-corrected chi connectivity index (χ1v) is 32.7. The number of ether oxygens (including phenoxy) is 2. The van der Waals surface area contributed by atoms with Crippen LogP contribution in [0.4, 0.5) is 0 Å². The molecule has 12 heterocycles. The van der Waals surface area contributed by atoms with Crippen molar-refractivity contribution in [3.63, 3.8) is 0 Å². The number of aromatic amines is 1. The molecule has 18 rings (SSSR count). The van der Waals surface area contributed by atoms with E-state index in [-0.39, 0.29) is 23.6 Å². The maximum absolute atomic E-state index is 12.9. The molecule has 0 fully saturated rings. The van der Waals surface area contributed by atoms with Gasteiger partial charge in [0.15, 0.2) is 0 Å². The number of amides is 4. The van der Waals surface area contributed by atoms with Gasteiger partial charge in [0, 0.05) is 129 Å². The lowest BCUT2D eigenvalue weighted by Gasteiger charge is -2.15. The number of carbonyl (C=O) groups excluding carboxylic acids is 4. The minimum absolute atomic E-state index is 0.00193. The Labute approximate surface area is 576 Å². The molecule has 4 aliphatic heterocycles. The molecular formula is C76H65BrN16O6. The first-order chi connectivity index (χ1) is 48.2. The normalized spacial score (nSPS) is 13.1. The van der Waals surface area contributed by atoms with Crippen LogP contribution in [0.2, 0.25) is 0 Å². The van der Waals surface area contributed by atoms with Crippen LogP contribution >= 0.6 is 15.9 Å². The third-order valence-electron chi connectivity index (χ3n) is 18.0. The fraction of sp³-hybridized carbons (Fsp3) is 0.158. The van der Waals surface area contributed by atoms with Gasteiger partial charge in [0.25, 0.3) is 23.6 Å². The van der Waals surface area contributed by atoms with Crippen LogP contribution in [-0.2, 0) is 39.3 Å². The molecule has 8 aromatic heterocycles. The van der Waals surface area contributed by atoms with Gasteiger partial charge in [-0.15, -0.1) is 0 Å². The van der Waals surface area contributed by atoms with Crippen LogP contribution in [0.3, 0.4) is 0 Å². The number of fused-ring (bicyclic) bond motifs is 8. The average Bonchev–Trinajstić information content (AvgIpc) is 1.66. The van der Waals surface area contributed by atoms with Crippen molar-refractivity contribution in [2.75, 3.05) is 14.2 Å². The topological polar surface area (TPSA) is 251 Å². The van der Waals surface area contributed by atoms with Crippen molar-refractivity contribution in [1.29, 1.82) is 0 Å². The molecule has 0 radical (unpaired) electrons. The Kier molecular flexibility index (Phi) is 17.8. The number of halogens is 1. The van der Waals surface area contributed by atoms with Gasteiger partial charge in [0.2, 0.25) is 0 Å². The number of aromatic nitrogens is 12. The zero-order valence-corrected chi connectivity index (χ0v) is 56.4. The summed E-state index contributed by atoms with van der Waals surface area (Å²) in [5.41, 5.74) is 19.9. The van der Waals surface area contributed by atoms with Gasteiger partial charge >= 0.3 is 0 Å². The maximum Gasteiger partial charge on any atom is 0.254 e. The Hall–Kier alpha value is -12.2. The number of carbonyl (C=O) groups is 4. The molecule has 4 amide bonds. The molecular weight excluding hydrogens is 1310 g/mol. The number of benzene rings is 6. The van der Waals surface area contributed by atoms with E-state index in [2.05, 4.69) is 77.5 Å². The second kappa shape index (κ2) is 27.5. The fourth-order valence-corrected chi connectivity index (χ4v) is 13.0. The lowest BCUT2D eigenvalue weighted by molar-refractivity contribution is 0.0759. The third kappa shape index (κ3) is 13.0. The number of nitrogens with zero attached hydrogens (tertiary/aromatic N) is 13. The van der Waals surface area contributed by atoms with Crippen molar-refractivity contribution in [2.45, 2.75) is 67.0 Å². The number of hydrogen-bond acceptors (Lipinski definition) is 14. The van der Waals surface area contributed by atoms with Crippen LogP contribution in [-0.4, -0.2) is 106 Å². The predicted octanol–water partition coefficient (Wildman–Crippen LogP) is 12.7. The number of aryl methyl sites for hydroxylation is 4. The number of hydrogen-bond donors (Lipinski definition) is 3.